The summed E-state index contributed by atoms with van der Waals surface area (Å²) < 4.78 is 15.1. The lowest BCUT2D eigenvalue weighted by molar-refractivity contribution is 0.238. The van der Waals surface area contributed by atoms with Crippen LogP contribution in [0.15, 0.2) is 156 Å². The van der Waals surface area contributed by atoms with Crippen molar-refractivity contribution in [1.29, 1.82) is 0 Å². The molecule has 4 aromatic carbocycles. The molecule has 3 aliphatic carbocycles. The van der Waals surface area contributed by atoms with Crippen LogP contribution in [0.1, 0.15) is 25.3 Å². The fraction of sp³-hybridized carbons (Fsp3) is 0.175. The molecule has 0 N–H and O–H groups in total. The summed E-state index contributed by atoms with van der Waals surface area (Å²) in [6, 6.07) is 31.8. The number of allylic oxidation sites excluding steroid dienone is 8. The number of hydrogen-bond acceptors (Lipinski definition) is 2. The van der Waals surface area contributed by atoms with E-state index < -0.39 is 7.14 Å². The molecule has 210 valence electrons. The van der Waals surface area contributed by atoms with Crippen molar-refractivity contribution >= 4 is 34.1 Å². The van der Waals surface area contributed by atoms with Crippen molar-refractivity contribution < 1.29 is 4.57 Å². The highest BCUT2D eigenvalue weighted by Gasteiger charge is 2.46. The van der Waals surface area contributed by atoms with Gasteiger partial charge in [-0.2, -0.15) is 0 Å². The van der Waals surface area contributed by atoms with Gasteiger partial charge in [-0.05, 0) is 29.4 Å². The number of nitrogens with zero attached hydrogens (tertiary/aromatic N) is 1. The molecule has 43 heavy (non-hydrogen) atoms. The van der Waals surface area contributed by atoms with E-state index in [4.69, 9.17) is 4.99 Å². The molecule has 0 saturated heterocycles. The molecule has 2 nitrogen and oxygen atoms in total. The second kappa shape index (κ2) is 10.2. The third kappa shape index (κ3) is 4.08. The second-order valence-electron chi connectivity index (χ2n) is 12.3. The maximum Gasteiger partial charge on any atom is 0.170 e. The number of benzene rings is 4. The Morgan fingerprint density at radius 2 is 1.58 bits per heavy atom. The first-order valence-corrected chi connectivity index (χ1v) is 17.1. The van der Waals surface area contributed by atoms with Gasteiger partial charge in [-0.3, -0.25) is 4.99 Å². The van der Waals surface area contributed by atoms with Crippen LogP contribution in [0.25, 0.3) is 16.3 Å². The van der Waals surface area contributed by atoms with Crippen molar-refractivity contribution in [2.75, 3.05) is 0 Å². The first-order valence-electron chi connectivity index (χ1n) is 15.4. The van der Waals surface area contributed by atoms with Crippen molar-refractivity contribution in [3.63, 3.8) is 0 Å². The highest BCUT2D eigenvalue weighted by Crippen LogP contribution is 2.54. The van der Waals surface area contributed by atoms with Gasteiger partial charge in [0.15, 0.2) is 7.14 Å². The molecule has 0 saturated carbocycles. The summed E-state index contributed by atoms with van der Waals surface area (Å²) in [6.07, 6.45) is 22.1. The van der Waals surface area contributed by atoms with Gasteiger partial charge in [0.1, 0.15) is 0 Å². The standard InChI is InChI=1S/C40H34NOP/c1-40-27-11-10-13-30(40)22-26-36-37(35-25-21-28-12-8-9-18-34(28)38(35)41-39(36)40)29-19-23-33(24-20-29)43(42,31-14-4-2-5-15-31)32-16-6-3-7-17-32/h2,4-6,8-27,30,36,39H,3,7H2,1H3. The predicted molar refractivity (Wildman–Crippen MR) is 180 cm³/mol. The van der Waals surface area contributed by atoms with E-state index in [2.05, 4.69) is 122 Å². The van der Waals surface area contributed by atoms with Gasteiger partial charge in [-0.1, -0.05) is 153 Å². The molecule has 1 heterocycles. The van der Waals surface area contributed by atoms with Gasteiger partial charge >= 0.3 is 0 Å². The SMILES string of the molecule is CC12C=CC=CC1C=CC1C(c3ccc(P(=O)(C4=CCCC=C4)c4ccccc4)cc3)=c3ccc4ccccc4c3=NC12. The average molecular weight is 576 g/mol. The van der Waals surface area contributed by atoms with Gasteiger partial charge in [-0.25, -0.2) is 0 Å². The van der Waals surface area contributed by atoms with Crippen LogP contribution in [0.4, 0.5) is 0 Å². The Hall–Kier alpha value is -4.26. The molecule has 4 aliphatic rings. The molecule has 3 heteroatoms. The van der Waals surface area contributed by atoms with E-state index in [1.807, 2.05) is 30.3 Å². The molecule has 0 bridgehead atoms. The van der Waals surface area contributed by atoms with Crippen molar-refractivity contribution in [3.05, 3.63) is 167 Å². The van der Waals surface area contributed by atoms with Crippen molar-refractivity contribution in [2.24, 2.45) is 22.2 Å². The van der Waals surface area contributed by atoms with E-state index in [-0.39, 0.29) is 17.4 Å². The summed E-state index contributed by atoms with van der Waals surface area (Å²) in [5.74, 6) is 0.457. The monoisotopic (exact) mass is 575 g/mol. The molecule has 0 amide bonds. The third-order valence-electron chi connectivity index (χ3n) is 9.90. The minimum Gasteiger partial charge on any atom is -0.309 e. The normalized spacial score (nSPS) is 26.6. The average Bonchev–Trinajstić information content (AvgIpc) is 3.07. The maximum atomic E-state index is 15.1. The van der Waals surface area contributed by atoms with Gasteiger partial charge in [0.05, 0.1) is 11.4 Å². The minimum absolute atomic E-state index is 0.0737. The van der Waals surface area contributed by atoms with Crippen LogP contribution in [0.2, 0.25) is 0 Å². The predicted octanol–water partition coefficient (Wildman–Crippen LogP) is 7.52. The lowest BCUT2D eigenvalue weighted by atomic mass is 9.60. The number of fused-ring (bicyclic) bond motifs is 6. The van der Waals surface area contributed by atoms with Gasteiger partial charge < -0.3 is 4.57 Å². The first kappa shape index (κ1) is 26.4. The minimum atomic E-state index is -3.00. The van der Waals surface area contributed by atoms with Crippen LogP contribution in [-0.4, -0.2) is 6.04 Å². The Morgan fingerprint density at radius 3 is 2.40 bits per heavy atom. The Kier molecular flexibility index (Phi) is 6.24. The zero-order chi connectivity index (χ0) is 29.0. The molecule has 0 radical (unpaired) electrons. The van der Waals surface area contributed by atoms with E-state index in [0.29, 0.717) is 5.92 Å². The Labute approximate surface area is 253 Å². The number of rotatable bonds is 4. The summed E-state index contributed by atoms with van der Waals surface area (Å²) in [5.41, 5.74) is 2.36. The molecule has 8 rings (SSSR count). The molecule has 0 fully saturated rings. The van der Waals surface area contributed by atoms with Crippen LogP contribution in [0.5, 0.6) is 0 Å². The van der Waals surface area contributed by atoms with Crippen LogP contribution in [-0.2, 0) is 4.57 Å². The lowest BCUT2D eigenvalue weighted by Gasteiger charge is -2.46. The fourth-order valence-electron chi connectivity index (χ4n) is 7.58. The van der Waals surface area contributed by atoms with Crippen LogP contribution >= 0.6 is 7.14 Å². The molecular formula is C40H34NOP. The zero-order valence-corrected chi connectivity index (χ0v) is 25.2. The largest absolute Gasteiger partial charge is 0.309 e. The fourth-order valence-corrected chi connectivity index (χ4v) is 10.3. The molecule has 0 spiro atoms. The molecule has 4 aromatic rings. The van der Waals surface area contributed by atoms with Gasteiger partial charge in [-0.15, -0.1) is 0 Å². The molecule has 5 atom stereocenters. The topological polar surface area (TPSA) is 29.4 Å². The molecule has 0 aromatic heterocycles. The highest BCUT2D eigenvalue weighted by atomic mass is 31.2. The third-order valence-corrected chi connectivity index (χ3v) is 13.0. The van der Waals surface area contributed by atoms with Gasteiger partial charge in [0, 0.05) is 43.8 Å². The van der Waals surface area contributed by atoms with E-state index >= 15 is 4.57 Å². The molecular weight excluding hydrogens is 541 g/mol. The first-order chi connectivity index (χ1) is 21.1. The maximum absolute atomic E-state index is 15.1. The Morgan fingerprint density at radius 1 is 0.791 bits per heavy atom. The van der Waals surface area contributed by atoms with Crippen LogP contribution < -0.4 is 21.2 Å². The van der Waals surface area contributed by atoms with Gasteiger partial charge in [0.2, 0.25) is 0 Å². The van der Waals surface area contributed by atoms with E-state index in [1.165, 1.54) is 27.1 Å². The highest BCUT2D eigenvalue weighted by molar-refractivity contribution is 7.82. The summed E-state index contributed by atoms with van der Waals surface area (Å²) in [6.45, 7) is 2.36. The van der Waals surface area contributed by atoms with Crippen LogP contribution in [0.3, 0.4) is 0 Å². The zero-order valence-electron chi connectivity index (χ0n) is 24.3. The Bertz CT molecular complexity index is 2080. The van der Waals surface area contributed by atoms with Crippen molar-refractivity contribution in [1.82, 2.24) is 0 Å². The Balaban J connectivity index is 1.34. The lowest BCUT2D eigenvalue weighted by Crippen LogP contribution is -2.50. The van der Waals surface area contributed by atoms with E-state index in [0.717, 1.165) is 34.1 Å². The summed E-state index contributed by atoms with van der Waals surface area (Å²) in [7, 11) is -3.00. The summed E-state index contributed by atoms with van der Waals surface area (Å²) in [4.78, 5) is 5.57. The van der Waals surface area contributed by atoms with Crippen molar-refractivity contribution in [2.45, 2.75) is 25.8 Å². The van der Waals surface area contributed by atoms with Crippen LogP contribution in [0, 0.1) is 17.3 Å². The summed E-state index contributed by atoms with van der Waals surface area (Å²) >= 11 is 0. The van der Waals surface area contributed by atoms with E-state index in [9.17, 15) is 0 Å². The van der Waals surface area contributed by atoms with E-state index in [1.54, 1.807) is 0 Å². The second-order valence-corrected chi connectivity index (χ2v) is 15.1. The molecule has 1 aliphatic heterocycles. The van der Waals surface area contributed by atoms with Gasteiger partial charge in [0.25, 0.3) is 0 Å². The molecule has 5 unspecified atom stereocenters. The summed E-state index contributed by atoms with van der Waals surface area (Å²) in [5, 5.41) is 7.38. The van der Waals surface area contributed by atoms with Crippen molar-refractivity contribution in [3.8, 4) is 0 Å². The smallest absolute Gasteiger partial charge is 0.170 e. The number of hydrogen-bond donors (Lipinski definition) is 0. The quantitative estimate of drug-likeness (QED) is 0.183.